The van der Waals surface area contributed by atoms with Gasteiger partial charge in [-0.25, -0.2) is 0 Å². The van der Waals surface area contributed by atoms with Crippen LogP contribution in [-0.4, -0.2) is 32.2 Å². The van der Waals surface area contributed by atoms with E-state index in [0.717, 1.165) is 24.3 Å². The molecule has 154 valence electrons. The quantitative estimate of drug-likeness (QED) is 0.606. The van der Waals surface area contributed by atoms with E-state index in [1.807, 2.05) is 42.5 Å². The lowest BCUT2D eigenvalue weighted by atomic mass is 10.1. The Morgan fingerprint density at radius 1 is 1.00 bits per heavy atom. The fourth-order valence-corrected chi connectivity index (χ4v) is 3.50. The Bertz CT molecular complexity index is 987. The maximum Gasteiger partial charge on any atom is 0.255 e. The summed E-state index contributed by atoms with van der Waals surface area (Å²) in [6.07, 6.45) is 0. The molecule has 4 rings (SSSR count). The molecule has 0 aromatic heterocycles. The molecule has 1 N–H and O–H groups in total. The molecule has 1 fully saturated rings. The van der Waals surface area contributed by atoms with Crippen LogP contribution in [-0.2, 0) is 11.3 Å². The molecule has 1 heterocycles. The lowest BCUT2D eigenvalue weighted by Gasteiger charge is -2.30. The summed E-state index contributed by atoms with van der Waals surface area (Å²) in [6.45, 7) is 3.37. The lowest BCUT2D eigenvalue weighted by molar-refractivity contribution is 0.102. The second-order valence-electron chi connectivity index (χ2n) is 7.01. The number of hydrogen-bond acceptors (Lipinski definition) is 4. The van der Waals surface area contributed by atoms with Crippen molar-refractivity contribution in [1.29, 1.82) is 0 Å². The van der Waals surface area contributed by atoms with Crippen LogP contribution in [0.25, 0.3) is 0 Å². The Hall–Kier alpha value is -3.02. The molecule has 1 aliphatic rings. The second kappa shape index (κ2) is 9.65. The summed E-state index contributed by atoms with van der Waals surface area (Å²) in [6, 6.07) is 22.6. The lowest BCUT2D eigenvalue weighted by Crippen LogP contribution is -2.36. The molecule has 0 bridgehead atoms. The number of carbonyl (C=O) groups is 1. The number of benzene rings is 3. The number of ether oxygens (including phenoxy) is 2. The molecule has 3 aromatic carbocycles. The van der Waals surface area contributed by atoms with E-state index in [0.29, 0.717) is 41.8 Å². The highest BCUT2D eigenvalue weighted by molar-refractivity contribution is 6.31. The van der Waals surface area contributed by atoms with Gasteiger partial charge in [-0.3, -0.25) is 4.79 Å². The van der Waals surface area contributed by atoms with Crippen molar-refractivity contribution >= 4 is 28.9 Å². The third kappa shape index (κ3) is 5.12. The molecule has 1 amide bonds. The highest BCUT2D eigenvalue weighted by atomic mass is 35.5. The predicted octanol–water partition coefficient (Wildman–Crippen LogP) is 5.01. The number of rotatable bonds is 6. The summed E-state index contributed by atoms with van der Waals surface area (Å²) >= 11 is 6.18. The Balaban J connectivity index is 1.43. The second-order valence-corrected chi connectivity index (χ2v) is 7.45. The van der Waals surface area contributed by atoms with Gasteiger partial charge in [-0.1, -0.05) is 41.9 Å². The molecule has 0 atom stereocenters. The van der Waals surface area contributed by atoms with E-state index in [1.165, 1.54) is 0 Å². The van der Waals surface area contributed by atoms with Gasteiger partial charge in [-0.05, 0) is 48.0 Å². The van der Waals surface area contributed by atoms with Crippen LogP contribution < -0.4 is 15.0 Å². The van der Waals surface area contributed by atoms with Crippen LogP contribution in [0.3, 0.4) is 0 Å². The van der Waals surface area contributed by atoms with Crippen LogP contribution in [0.5, 0.6) is 5.75 Å². The van der Waals surface area contributed by atoms with Crippen molar-refractivity contribution in [2.24, 2.45) is 0 Å². The van der Waals surface area contributed by atoms with Gasteiger partial charge in [0.2, 0.25) is 0 Å². The minimum Gasteiger partial charge on any atom is -0.489 e. The van der Waals surface area contributed by atoms with Gasteiger partial charge >= 0.3 is 0 Å². The fourth-order valence-electron chi connectivity index (χ4n) is 3.33. The predicted molar refractivity (Wildman–Crippen MR) is 120 cm³/mol. The number of morpholine rings is 1. The number of nitrogens with zero attached hydrogens (tertiary/aromatic N) is 1. The number of hydrogen-bond donors (Lipinski definition) is 1. The van der Waals surface area contributed by atoms with Gasteiger partial charge in [0.05, 0.1) is 24.6 Å². The third-order valence-electron chi connectivity index (χ3n) is 4.92. The normalized spacial score (nSPS) is 13.7. The molecular formula is C24H23ClN2O3. The van der Waals surface area contributed by atoms with Crippen LogP contribution in [0.2, 0.25) is 5.02 Å². The summed E-state index contributed by atoms with van der Waals surface area (Å²) < 4.78 is 11.2. The first-order chi connectivity index (χ1) is 14.7. The average Bonchev–Trinajstić information content (AvgIpc) is 2.79. The first-order valence-corrected chi connectivity index (χ1v) is 10.3. The van der Waals surface area contributed by atoms with Crippen molar-refractivity contribution in [2.75, 3.05) is 36.5 Å². The summed E-state index contributed by atoms with van der Waals surface area (Å²) in [5.74, 6) is 0.522. The van der Waals surface area contributed by atoms with E-state index in [2.05, 4.69) is 10.2 Å². The molecule has 30 heavy (non-hydrogen) atoms. The van der Waals surface area contributed by atoms with Crippen molar-refractivity contribution in [3.05, 3.63) is 88.9 Å². The number of carbonyl (C=O) groups excluding carboxylic acids is 1. The first-order valence-electron chi connectivity index (χ1n) is 9.89. The van der Waals surface area contributed by atoms with Gasteiger partial charge in [-0.2, -0.15) is 0 Å². The third-order valence-corrected chi connectivity index (χ3v) is 5.16. The molecule has 0 saturated carbocycles. The minimum absolute atomic E-state index is 0.193. The smallest absolute Gasteiger partial charge is 0.255 e. The van der Waals surface area contributed by atoms with Crippen LogP contribution in [0, 0.1) is 0 Å². The highest BCUT2D eigenvalue weighted by Gasteiger charge is 2.17. The van der Waals surface area contributed by atoms with Crippen molar-refractivity contribution in [1.82, 2.24) is 0 Å². The van der Waals surface area contributed by atoms with Crippen LogP contribution >= 0.6 is 11.6 Å². The largest absolute Gasteiger partial charge is 0.489 e. The SMILES string of the molecule is O=C(Nc1cc(Cl)ccc1N1CCOCC1)c1ccc(OCc2ccccc2)cc1. The molecule has 5 nitrogen and oxygen atoms in total. The van der Waals surface area contributed by atoms with Crippen molar-refractivity contribution in [3.63, 3.8) is 0 Å². The number of nitrogens with one attached hydrogen (secondary N) is 1. The Morgan fingerprint density at radius 3 is 2.47 bits per heavy atom. The van der Waals surface area contributed by atoms with Gasteiger partial charge < -0.3 is 19.7 Å². The van der Waals surface area contributed by atoms with Crippen molar-refractivity contribution in [2.45, 2.75) is 6.61 Å². The first kappa shape index (κ1) is 20.3. The standard InChI is InChI=1S/C24H23ClN2O3/c25-20-8-11-23(27-12-14-29-15-13-27)22(16-20)26-24(28)19-6-9-21(10-7-19)30-17-18-4-2-1-3-5-18/h1-11,16H,12-15,17H2,(H,26,28). The number of amides is 1. The maximum absolute atomic E-state index is 12.8. The van der Waals surface area contributed by atoms with Gasteiger partial charge in [0.25, 0.3) is 5.91 Å². The van der Waals surface area contributed by atoms with Crippen LogP contribution in [0.1, 0.15) is 15.9 Å². The van der Waals surface area contributed by atoms with Gasteiger partial charge in [-0.15, -0.1) is 0 Å². The highest BCUT2D eigenvalue weighted by Crippen LogP contribution is 2.30. The van der Waals surface area contributed by atoms with Crippen molar-refractivity contribution < 1.29 is 14.3 Å². The van der Waals surface area contributed by atoms with Gasteiger partial charge in [0, 0.05) is 23.7 Å². The van der Waals surface area contributed by atoms with Crippen molar-refractivity contribution in [3.8, 4) is 5.75 Å². The topological polar surface area (TPSA) is 50.8 Å². The number of anilines is 2. The van der Waals surface area contributed by atoms with Crippen LogP contribution in [0.15, 0.2) is 72.8 Å². The molecule has 0 spiro atoms. The van der Waals surface area contributed by atoms with E-state index in [1.54, 1.807) is 30.3 Å². The van der Waals surface area contributed by atoms with E-state index in [-0.39, 0.29) is 5.91 Å². The molecule has 3 aromatic rings. The molecule has 0 unspecified atom stereocenters. The van der Waals surface area contributed by atoms with Gasteiger partial charge in [0.15, 0.2) is 0 Å². The zero-order valence-corrected chi connectivity index (χ0v) is 17.3. The van der Waals surface area contributed by atoms with Gasteiger partial charge in [0.1, 0.15) is 12.4 Å². The Morgan fingerprint density at radius 2 is 1.73 bits per heavy atom. The van der Waals surface area contributed by atoms with E-state index >= 15 is 0 Å². The number of halogens is 1. The fraction of sp³-hybridized carbons (Fsp3) is 0.208. The molecule has 0 aliphatic carbocycles. The zero-order valence-electron chi connectivity index (χ0n) is 16.5. The molecule has 0 radical (unpaired) electrons. The van der Waals surface area contributed by atoms with E-state index < -0.39 is 0 Å². The van der Waals surface area contributed by atoms with Crippen LogP contribution in [0.4, 0.5) is 11.4 Å². The zero-order chi connectivity index (χ0) is 20.8. The Labute approximate surface area is 181 Å². The Kier molecular flexibility index (Phi) is 6.52. The van der Waals surface area contributed by atoms with E-state index in [9.17, 15) is 4.79 Å². The minimum atomic E-state index is -0.193. The maximum atomic E-state index is 12.8. The average molecular weight is 423 g/mol. The molecule has 6 heteroatoms. The molecular weight excluding hydrogens is 400 g/mol. The summed E-state index contributed by atoms with van der Waals surface area (Å²) in [5, 5.41) is 3.57. The monoisotopic (exact) mass is 422 g/mol. The molecule has 1 aliphatic heterocycles. The van der Waals surface area contributed by atoms with E-state index in [4.69, 9.17) is 21.1 Å². The molecule has 1 saturated heterocycles. The summed E-state index contributed by atoms with van der Waals surface area (Å²) in [4.78, 5) is 15.0. The summed E-state index contributed by atoms with van der Waals surface area (Å²) in [5.41, 5.74) is 3.28. The summed E-state index contributed by atoms with van der Waals surface area (Å²) in [7, 11) is 0.